The zero-order valence-electron chi connectivity index (χ0n) is 16.2. The number of hydrogen-bond donors (Lipinski definition) is 0. The van der Waals surface area contributed by atoms with Gasteiger partial charge in [0, 0.05) is 18.6 Å². The molecule has 2 aromatic rings. The van der Waals surface area contributed by atoms with Crippen LogP contribution in [0.3, 0.4) is 0 Å². The summed E-state index contributed by atoms with van der Waals surface area (Å²) in [5, 5.41) is 9.29. The Morgan fingerprint density at radius 3 is 2.35 bits per heavy atom. The summed E-state index contributed by atoms with van der Waals surface area (Å²) < 4.78 is 0. The molecule has 1 aliphatic rings. The zero-order chi connectivity index (χ0) is 18.5. The fraction of sp³-hybridized carbons (Fsp3) is 0.435. The molecule has 0 saturated carbocycles. The van der Waals surface area contributed by atoms with Crippen molar-refractivity contribution < 1.29 is 0 Å². The largest absolute Gasteiger partial charge is 0.301 e. The van der Waals surface area contributed by atoms with E-state index in [1.54, 1.807) is 0 Å². The van der Waals surface area contributed by atoms with Crippen molar-refractivity contribution in [2.24, 2.45) is 0 Å². The van der Waals surface area contributed by atoms with Gasteiger partial charge in [0.15, 0.2) is 0 Å². The van der Waals surface area contributed by atoms with Crippen LogP contribution in [0.4, 0.5) is 0 Å². The lowest BCUT2D eigenvalue weighted by Crippen LogP contribution is -2.45. The highest BCUT2D eigenvalue weighted by atomic mass is 15.2. The smallest absolute Gasteiger partial charge is 0.0998 e. The molecule has 0 N–H and O–H groups in total. The third-order valence-corrected chi connectivity index (χ3v) is 5.60. The van der Waals surface area contributed by atoms with E-state index >= 15 is 0 Å². The van der Waals surface area contributed by atoms with Crippen LogP contribution in [0.25, 0.3) is 11.1 Å². The highest BCUT2D eigenvalue weighted by Gasteiger charge is 2.23. The molecular weight excluding hydrogens is 318 g/mol. The van der Waals surface area contributed by atoms with E-state index in [2.05, 4.69) is 61.0 Å². The molecule has 0 radical (unpaired) electrons. The number of piperidine rings is 1. The second-order valence-corrected chi connectivity index (χ2v) is 7.63. The van der Waals surface area contributed by atoms with Crippen molar-refractivity contribution in [1.82, 2.24) is 9.80 Å². The summed E-state index contributed by atoms with van der Waals surface area (Å²) >= 11 is 0. The Labute approximate surface area is 157 Å². The maximum atomic E-state index is 9.29. The monoisotopic (exact) mass is 347 g/mol. The topological polar surface area (TPSA) is 30.3 Å². The van der Waals surface area contributed by atoms with Crippen molar-refractivity contribution in [2.45, 2.75) is 45.3 Å². The number of nitrogens with zero attached hydrogens (tertiary/aromatic N) is 3. The molecule has 136 valence electrons. The summed E-state index contributed by atoms with van der Waals surface area (Å²) in [5.74, 6) is 0. The van der Waals surface area contributed by atoms with Gasteiger partial charge in [-0.05, 0) is 69.6 Å². The van der Waals surface area contributed by atoms with Crippen LogP contribution in [0.1, 0.15) is 37.8 Å². The van der Waals surface area contributed by atoms with E-state index in [1.165, 1.54) is 31.5 Å². The standard InChI is InChI=1S/C23H29N3/c1-18(2)26-14-12-22(13-15-26)25(3)17-19-8-10-20(11-9-19)23-7-5-4-6-21(23)16-24/h4-11,18,22H,12-15,17H2,1-3H3. The van der Waals surface area contributed by atoms with Crippen LogP contribution in [0.2, 0.25) is 0 Å². The third kappa shape index (κ3) is 4.33. The normalized spacial score (nSPS) is 16.2. The van der Waals surface area contributed by atoms with Gasteiger partial charge < -0.3 is 4.90 Å². The predicted molar refractivity (Wildman–Crippen MR) is 108 cm³/mol. The molecule has 0 aliphatic carbocycles. The Morgan fingerprint density at radius 2 is 1.73 bits per heavy atom. The highest BCUT2D eigenvalue weighted by molar-refractivity contribution is 5.70. The summed E-state index contributed by atoms with van der Waals surface area (Å²) in [4.78, 5) is 5.07. The van der Waals surface area contributed by atoms with Gasteiger partial charge in [-0.3, -0.25) is 4.90 Å². The molecule has 0 amide bonds. The lowest BCUT2D eigenvalue weighted by atomic mass is 9.98. The molecule has 26 heavy (non-hydrogen) atoms. The summed E-state index contributed by atoms with van der Waals surface area (Å²) in [6.45, 7) is 7.96. The molecule has 0 aromatic heterocycles. The average molecular weight is 348 g/mol. The number of benzene rings is 2. The van der Waals surface area contributed by atoms with Gasteiger partial charge >= 0.3 is 0 Å². The SMILES string of the molecule is CC(C)N1CCC(N(C)Cc2ccc(-c3ccccc3C#N)cc2)CC1. The van der Waals surface area contributed by atoms with Gasteiger partial charge in [0.25, 0.3) is 0 Å². The quantitative estimate of drug-likeness (QED) is 0.796. The molecule has 1 fully saturated rings. The average Bonchev–Trinajstić information content (AvgIpc) is 2.68. The van der Waals surface area contributed by atoms with E-state index < -0.39 is 0 Å². The Bertz CT molecular complexity index is 750. The second kappa shape index (κ2) is 8.49. The van der Waals surface area contributed by atoms with Gasteiger partial charge in [-0.15, -0.1) is 0 Å². The molecule has 0 bridgehead atoms. The summed E-state index contributed by atoms with van der Waals surface area (Å²) in [5.41, 5.74) is 4.18. The van der Waals surface area contributed by atoms with Gasteiger partial charge in [0.05, 0.1) is 11.6 Å². The minimum Gasteiger partial charge on any atom is -0.301 e. The molecule has 1 saturated heterocycles. The number of nitriles is 1. The minimum atomic E-state index is 0.657. The van der Waals surface area contributed by atoms with Crippen LogP contribution in [-0.4, -0.2) is 42.0 Å². The molecule has 3 rings (SSSR count). The summed E-state index contributed by atoms with van der Waals surface area (Å²) in [7, 11) is 2.24. The van der Waals surface area contributed by atoms with E-state index in [9.17, 15) is 5.26 Å². The molecule has 0 spiro atoms. The van der Waals surface area contributed by atoms with Crippen LogP contribution < -0.4 is 0 Å². The Balaban J connectivity index is 1.62. The molecule has 2 aromatic carbocycles. The number of rotatable bonds is 5. The Morgan fingerprint density at radius 1 is 1.08 bits per heavy atom. The van der Waals surface area contributed by atoms with Gasteiger partial charge in [0.2, 0.25) is 0 Å². The molecular formula is C23H29N3. The van der Waals surface area contributed by atoms with Crippen molar-refractivity contribution in [3.63, 3.8) is 0 Å². The molecule has 3 heteroatoms. The van der Waals surface area contributed by atoms with Crippen molar-refractivity contribution in [3.8, 4) is 17.2 Å². The first-order valence-corrected chi connectivity index (χ1v) is 9.61. The second-order valence-electron chi connectivity index (χ2n) is 7.63. The van der Waals surface area contributed by atoms with Crippen LogP contribution >= 0.6 is 0 Å². The summed E-state index contributed by atoms with van der Waals surface area (Å²) in [6, 6.07) is 20.1. The van der Waals surface area contributed by atoms with Crippen molar-refractivity contribution in [1.29, 1.82) is 5.26 Å². The van der Waals surface area contributed by atoms with Crippen LogP contribution in [0, 0.1) is 11.3 Å². The van der Waals surface area contributed by atoms with Crippen LogP contribution in [0.5, 0.6) is 0 Å². The zero-order valence-corrected chi connectivity index (χ0v) is 16.2. The van der Waals surface area contributed by atoms with Crippen molar-refractivity contribution in [3.05, 3.63) is 59.7 Å². The lowest BCUT2D eigenvalue weighted by molar-refractivity contribution is 0.104. The van der Waals surface area contributed by atoms with E-state index in [-0.39, 0.29) is 0 Å². The molecule has 0 unspecified atom stereocenters. The van der Waals surface area contributed by atoms with Crippen molar-refractivity contribution >= 4 is 0 Å². The molecule has 1 aliphatic heterocycles. The van der Waals surface area contributed by atoms with Gasteiger partial charge in [-0.25, -0.2) is 0 Å². The lowest BCUT2D eigenvalue weighted by Gasteiger charge is -2.38. The predicted octanol–water partition coefficient (Wildman–Crippen LogP) is 4.53. The minimum absolute atomic E-state index is 0.657. The van der Waals surface area contributed by atoms with Gasteiger partial charge in [-0.2, -0.15) is 5.26 Å². The number of hydrogen-bond acceptors (Lipinski definition) is 3. The van der Waals surface area contributed by atoms with E-state index in [1.807, 2.05) is 24.3 Å². The van der Waals surface area contributed by atoms with E-state index in [4.69, 9.17) is 0 Å². The Hall–Kier alpha value is -2.15. The first-order chi connectivity index (χ1) is 12.6. The molecule has 0 atom stereocenters. The maximum absolute atomic E-state index is 9.29. The molecule has 3 nitrogen and oxygen atoms in total. The molecule has 1 heterocycles. The third-order valence-electron chi connectivity index (χ3n) is 5.60. The fourth-order valence-corrected chi connectivity index (χ4v) is 3.88. The first-order valence-electron chi connectivity index (χ1n) is 9.61. The van der Waals surface area contributed by atoms with Crippen LogP contribution in [0.15, 0.2) is 48.5 Å². The highest BCUT2D eigenvalue weighted by Crippen LogP contribution is 2.24. The maximum Gasteiger partial charge on any atom is 0.0998 e. The van der Waals surface area contributed by atoms with E-state index in [0.717, 1.165) is 23.2 Å². The van der Waals surface area contributed by atoms with Gasteiger partial charge in [-0.1, -0.05) is 42.5 Å². The van der Waals surface area contributed by atoms with Gasteiger partial charge in [0.1, 0.15) is 0 Å². The van der Waals surface area contributed by atoms with E-state index in [0.29, 0.717) is 12.1 Å². The number of likely N-dealkylation sites (tertiary alicyclic amines) is 1. The van der Waals surface area contributed by atoms with Crippen LogP contribution in [-0.2, 0) is 6.54 Å². The summed E-state index contributed by atoms with van der Waals surface area (Å²) in [6.07, 6.45) is 2.50. The first kappa shape index (κ1) is 18.6. The van der Waals surface area contributed by atoms with Crippen molar-refractivity contribution in [2.75, 3.05) is 20.1 Å². The Kier molecular flexibility index (Phi) is 6.08. The fourth-order valence-electron chi connectivity index (χ4n) is 3.88.